The summed E-state index contributed by atoms with van der Waals surface area (Å²) in [5.41, 5.74) is 0. The molecule has 88 valence electrons. The van der Waals surface area contributed by atoms with Crippen LogP contribution in [-0.2, 0) is 24.1 Å². The molecule has 1 saturated heterocycles. The molecule has 9 heteroatoms. The molecule has 2 unspecified atom stereocenters. The third-order valence-electron chi connectivity index (χ3n) is 1.87. The number of carboxylic acid groups (broad SMARTS) is 1. The molecular formula is C6H10O8S. The van der Waals surface area contributed by atoms with Crippen LogP contribution < -0.4 is 0 Å². The minimum atomic E-state index is -4.68. The Morgan fingerprint density at radius 1 is 1.47 bits per heavy atom. The van der Waals surface area contributed by atoms with Gasteiger partial charge in [0.15, 0.2) is 6.10 Å². The number of carboxylic acids is 1. The van der Waals surface area contributed by atoms with Crippen molar-refractivity contribution in [2.75, 3.05) is 6.61 Å². The lowest BCUT2D eigenvalue weighted by Crippen LogP contribution is -2.46. The van der Waals surface area contributed by atoms with Gasteiger partial charge in [-0.25, -0.2) is 8.98 Å². The van der Waals surface area contributed by atoms with Gasteiger partial charge in [-0.05, 0) is 0 Å². The van der Waals surface area contributed by atoms with Gasteiger partial charge in [0.25, 0.3) is 0 Å². The predicted octanol–water partition coefficient (Wildman–Crippen LogP) is -1.59. The molecule has 3 atom stereocenters. The van der Waals surface area contributed by atoms with Gasteiger partial charge in [0.2, 0.25) is 0 Å². The Labute approximate surface area is 85.4 Å². The molecule has 0 aromatic rings. The van der Waals surface area contributed by atoms with Crippen molar-refractivity contribution < 1.29 is 36.9 Å². The van der Waals surface area contributed by atoms with Crippen LogP contribution in [0.4, 0.5) is 0 Å². The van der Waals surface area contributed by atoms with Crippen molar-refractivity contribution in [3.63, 3.8) is 0 Å². The highest BCUT2D eigenvalue weighted by Gasteiger charge is 2.36. The number of hydrogen-bond donors (Lipinski definition) is 3. The zero-order chi connectivity index (χ0) is 11.6. The quantitative estimate of drug-likeness (QED) is 0.505. The molecule has 0 radical (unpaired) electrons. The highest BCUT2D eigenvalue weighted by molar-refractivity contribution is 7.80. The van der Waals surface area contributed by atoms with Gasteiger partial charge in [-0.15, -0.1) is 0 Å². The summed E-state index contributed by atoms with van der Waals surface area (Å²) >= 11 is 0. The fourth-order valence-electron chi connectivity index (χ4n) is 1.18. The van der Waals surface area contributed by atoms with Crippen molar-refractivity contribution in [2.24, 2.45) is 0 Å². The number of aliphatic carboxylic acids is 1. The van der Waals surface area contributed by atoms with Gasteiger partial charge < -0.3 is 14.9 Å². The van der Waals surface area contributed by atoms with Gasteiger partial charge in [-0.3, -0.25) is 4.55 Å². The van der Waals surface area contributed by atoms with Gasteiger partial charge in [-0.2, -0.15) is 8.42 Å². The van der Waals surface area contributed by atoms with Crippen LogP contribution >= 0.6 is 0 Å². The summed E-state index contributed by atoms with van der Waals surface area (Å²) in [4.78, 5) is 10.4. The van der Waals surface area contributed by atoms with Gasteiger partial charge in [0.05, 0.1) is 12.7 Å². The fourth-order valence-corrected chi connectivity index (χ4v) is 1.68. The second-order valence-electron chi connectivity index (χ2n) is 3.03. The fraction of sp³-hybridized carbons (Fsp3) is 0.833. The SMILES string of the molecule is O=C(O)C1CC(O)[C@H](OS(=O)(=O)O)CO1. The van der Waals surface area contributed by atoms with Gasteiger partial charge >= 0.3 is 16.4 Å². The highest BCUT2D eigenvalue weighted by atomic mass is 32.3. The smallest absolute Gasteiger partial charge is 0.397 e. The average molecular weight is 242 g/mol. The summed E-state index contributed by atoms with van der Waals surface area (Å²) in [5.74, 6) is -1.25. The van der Waals surface area contributed by atoms with Crippen molar-refractivity contribution in [1.29, 1.82) is 0 Å². The average Bonchev–Trinajstić information content (AvgIpc) is 2.05. The Morgan fingerprint density at radius 2 is 2.07 bits per heavy atom. The molecule has 15 heavy (non-hydrogen) atoms. The van der Waals surface area contributed by atoms with E-state index in [1.54, 1.807) is 0 Å². The maximum Gasteiger partial charge on any atom is 0.397 e. The van der Waals surface area contributed by atoms with E-state index in [1.807, 2.05) is 0 Å². The topological polar surface area (TPSA) is 130 Å². The van der Waals surface area contributed by atoms with Gasteiger partial charge in [-0.1, -0.05) is 0 Å². The number of aliphatic hydroxyl groups excluding tert-OH is 1. The summed E-state index contributed by atoms with van der Waals surface area (Å²) in [7, 11) is -4.68. The second-order valence-corrected chi connectivity index (χ2v) is 4.07. The molecule has 3 N–H and O–H groups in total. The molecule has 0 aromatic heterocycles. The summed E-state index contributed by atoms with van der Waals surface area (Å²) in [6.45, 7) is -0.419. The van der Waals surface area contributed by atoms with E-state index in [9.17, 15) is 18.3 Å². The normalized spacial score (nSPS) is 32.5. The van der Waals surface area contributed by atoms with E-state index in [0.29, 0.717) is 0 Å². The lowest BCUT2D eigenvalue weighted by Gasteiger charge is -2.29. The first-order chi connectivity index (χ1) is 6.79. The van der Waals surface area contributed by atoms with Gasteiger partial charge in [0, 0.05) is 6.42 Å². The molecule has 0 aliphatic carbocycles. The minimum absolute atomic E-state index is 0.296. The number of hydrogen-bond acceptors (Lipinski definition) is 6. The van der Waals surface area contributed by atoms with E-state index in [4.69, 9.17) is 14.4 Å². The van der Waals surface area contributed by atoms with E-state index in [2.05, 4.69) is 4.18 Å². The van der Waals surface area contributed by atoms with Crippen molar-refractivity contribution in [2.45, 2.75) is 24.7 Å². The zero-order valence-electron chi connectivity index (χ0n) is 7.44. The van der Waals surface area contributed by atoms with E-state index >= 15 is 0 Å². The molecule has 0 spiro atoms. The molecule has 1 fully saturated rings. The molecule has 1 heterocycles. The lowest BCUT2D eigenvalue weighted by atomic mass is 10.0. The first kappa shape index (κ1) is 12.3. The number of carbonyl (C=O) groups is 1. The van der Waals surface area contributed by atoms with Crippen molar-refractivity contribution in [1.82, 2.24) is 0 Å². The molecule has 1 rings (SSSR count). The van der Waals surface area contributed by atoms with Crippen LogP contribution in [0.2, 0.25) is 0 Å². The Morgan fingerprint density at radius 3 is 2.47 bits per heavy atom. The minimum Gasteiger partial charge on any atom is -0.479 e. The van der Waals surface area contributed by atoms with E-state index in [0.717, 1.165) is 0 Å². The van der Waals surface area contributed by atoms with Crippen LogP contribution in [0, 0.1) is 0 Å². The van der Waals surface area contributed by atoms with Crippen LogP contribution in [0.15, 0.2) is 0 Å². The Balaban J connectivity index is 2.57. The number of rotatable bonds is 3. The summed E-state index contributed by atoms with van der Waals surface area (Å²) in [6.07, 6.45) is -4.09. The molecular weight excluding hydrogens is 232 g/mol. The van der Waals surface area contributed by atoms with Crippen molar-refractivity contribution in [3.05, 3.63) is 0 Å². The Bertz CT molecular complexity index is 335. The third kappa shape index (κ3) is 3.72. The molecule has 0 aromatic carbocycles. The summed E-state index contributed by atoms with van der Waals surface area (Å²) < 4.78 is 37.7. The Hall–Kier alpha value is -0.740. The van der Waals surface area contributed by atoms with E-state index in [1.165, 1.54) is 0 Å². The first-order valence-electron chi connectivity index (χ1n) is 3.98. The number of ether oxygens (including phenoxy) is 1. The first-order valence-corrected chi connectivity index (χ1v) is 5.34. The predicted molar refractivity (Wildman–Crippen MR) is 44.4 cm³/mol. The van der Waals surface area contributed by atoms with Crippen LogP contribution in [-0.4, -0.2) is 54.1 Å². The van der Waals surface area contributed by atoms with Gasteiger partial charge in [0.1, 0.15) is 6.10 Å². The summed E-state index contributed by atoms with van der Waals surface area (Å²) in [6, 6.07) is 0. The highest BCUT2D eigenvalue weighted by Crippen LogP contribution is 2.18. The zero-order valence-corrected chi connectivity index (χ0v) is 8.25. The molecule has 1 aliphatic heterocycles. The summed E-state index contributed by atoms with van der Waals surface area (Å²) in [5, 5.41) is 17.8. The third-order valence-corrected chi connectivity index (χ3v) is 2.36. The molecule has 8 nitrogen and oxygen atoms in total. The largest absolute Gasteiger partial charge is 0.479 e. The van der Waals surface area contributed by atoms with Crippen LogP contribution in [0.3, 0.4) is 0 Å². The van der Waals surface area contributed by atoms with Crippen LogP contribution in [0.5, 0.6) is 0 Å². The van der Waals surface area contributed by atoms with E-state index in [-0.39, 0.29) is 6.42 Å². The lowest BCUT2D eigenvalue weighted by molar-refractivity contribution is -0.166. The van der Waals surface area contributed by atoms with Crippen molar-refractivity contribution in [3.8, 4) is 0 Å². The maximum atomic E-state index is 10.4. The monoisotopic (exact) mass is 242 g/mol. The molecule has 0 saturated carbocycles. The molecule has 0 amide bonds. The number of aliphatic hydroxyl groups is 1. The Kier molecular flexibility index (Phi) is 3.62. The molecule has 1 aliphatic rings. The molecule has 0 bridgehead atoms. The van der Waals surface area contributed by atoms with Crippen molar-refractivity contribution >= 4 is 16.4 Å². The second kappa shape index (κ2) is 4.41. The van der Waals surface area contributed by atoms with Crippen LogP contribution in [0.1, 0.15) is 6.42 Å². The maximum absolute atomic E-state index is 10.4. The standard InChI is InChI=1S/C6H10O8S/c7-3-1-4(6(8)9)13-2-5(3)14-15(10,11)12/h3-5,7H,1-2H2,(H,8,9)(H,10,11,12)/t3?,4?,5-/m1/s1. The van der Waals surface area contributed by atoms with Crippen LogP contribution in [0.25, 0.3) is 0 Å². The van der Waals surface area contributed by atoms with E-state index < -0.39 is 41.3 Å².